The Morgan fingerprint density at radius 1 is 1.19 bits per heavy atom. The van der Waals surface area contributed by atoms with Gasteiger partial charge < -0.3 is 9.88 Å². The monoisotopic (exact) mass is 370 g/mol. The van der Waals surface area contributed by atoms with Gasteiger partial charge in [-0.1, -0.05) is 29.8 Å². The van der Waals surface area contributed by atoms with E-state index in [0.29, 0.717) is 30.2 Å². The smallest absolute Gasteiger partial charge is 0.250 e. The van der Waals surface area contributed by atoms with Gasteiger partial charge in [-0.05, 0) is 30.2 Å². The summed E-state index contributed by atoms with van der Waals surface area (Å²) in [7, 11) is 0. The standard InChI is InChI=1S/C19H19ClN4O2/c1-14-10-21-24(11-14)9-8-18(25)22-16-6-7-19(26)23(13-16)12-15-4-2-3-5-17(15)20/h2-7,10-11,13H,8-9,12H2,1H3,(H,22,25). The van der Waals surface area contributed by atoms with E-state index in [1.807, 2.05) is 31.3 Å². The summed E-state index contributed by atoms with van der Waals surface area (Å²) in [4.78, 5) is 24.2. The van der Waals surface area contributed by atoms with Gasteiger partial charge in [0.2, 0.25) is 5.91 Å². The highest BCUT2D eigenvalue weighted by Crippen LogP contribution is 2.16. The first-order chi connectivity index (χ1) is 12.5. The van der Waals surface area contributed by atoms with Crippen LogP contribution < -0.4 is 10.9 Å². The fourth-order valence-electron chi connectivity index (χ4n) is 2.57. The highest BCUT2D eigenvalue weighted by atomic mass is 35.5. The highest BCUT2D eigenvalue weighted by molar-refractivity contribution is 6.31. The lowest BCUT2D eigenvalue weighted by molar-refractivity contribution is -0.116. The van der Waals surface area contributed by atoms with E-state index in [9.17, 15) is 9.59 Å². The molecule has 1 amide bonds. The minimum absolute atomic E-state index is 0.138. The maximum absolute atomic E-state index is 12.1. The number of benzene rings is 1. The predicted octanol–water partition coefficient (Wildman–Crippen LogP) is 3.08. The molecule has 1 aromatic carbocycles. The second-order valence-corrected chi connectivity index (χ2v) is 6.46. The maximum atomic E-state index is 12.1. The number of aromatic nitrogens is 3. The van der Waals surface area contributed by atoms with Crippen molar-refractivity contribution in [3.05, 3.63) is 81.5 Å². The van der Waals surface area contributed by atoms with Crippen molar-refractivity contribution in [2.24, 2.45) is 0 Å². The van der Waals surface area contributed by atoms with E-state index in [4.69, 9.17) is 11.6 Å². The minimum atomic E-state index is -0.157. The molecule has 0 atom stereocenters. The highest BCUT2D eigenvalue weighted by Gasteiger charge is 2.07. The van der Waals surface area contributed by atoms with Gasteiger partial charge in [-0.2, -0.15) is 5.10 Å². The maximum Gasteiger partial charge on any atom is 0.250 e. The van der Waals surface area contributed by atoms with E-state index < -0.39 is 0 Å². The number of hydrogen-bond acceptors (Lipinski definition) is 3. The van der Waals surface area contributed by atoms with Gasteiger partial charge >= 0.3 is 0 Å². The van der Waals surface area contributed by atoms with Crippen LogP contribution in [-0.2, 0) is 17.9 Å². The van der Waals surface area contributed by atoms with Crippen LogP contribution in [0.2, 0.25) is 5.02 Å². The summed E-state index contributed by atoms with van der Waals surface area (Å²) in [5.74, 6) is -0.138. The zero-order valence-corrected chi connectivity index (χ0v) is 15.1. The van der Waals surface area contributed by atoms with Gasteiger partial charge in [0, 0.05) is 36.4 Å². The third-order valence-corrected chi connectivity index (χ3v) is 4.26. The largest absolute Gasteiger partial charge is 0.325 e. The number of rotatable bonds is 6. The van der Waals surface area contributed by atoms with Crippen molar-refractivity contribution in [3.8, 4) is 0 Å². The van der Waals surface area contributed by atoms with Crippen LogP contribution in [0, 0.1) is 6.92 Å². The second-order valence-electron chi connectivity index (χ2n) is 6.05. The van der Waals surface area contributed by atoms with Crippen LogP contribution in [0.3, 0.4) is 0 Å². The van der Waals surface area contributed by atoms with Gasteiger partial charge in [0.15, 0.2) is 0 Å². The Morgan fingerprint density at radius 3 is 2.73 bits per heavy atom. The van der Waals surface area contributed by atoms with Crippen molar-refractivity contribution in [2.75, 3.05) is 5.32 Å². The van der Waals surface area contributed by atoms with Crippen molar-refractivity contribution in [1.82, 2.24) is 14.3 Å². The summed E-state index contributed by atoms with van der Waals surface area (Å²) in [5.41, 5.74) is 2.30. The molecule has 26 heavy (non-hydrogen) atoms. The average Bonchev–Trinajstić information content (AvgIpc) is 3.03. The molecule has 3 aromatic rings. The molecule has 0 aliphatic heterocycles. The molecule has 0 radical (unpaired) electrons. The summed E-state index contributed by atoms with van der Waals surface area (Å²) in [6.07, 6.45) is 5.56. The molecule has 7 heteroatoms. The summed E-state index contributed by atoms with van der Waals surface area (Å²) in [6.45, 7) is 2.79. The van der Waals surface area contributed by atoms with Crippen LogP contribution in [0.5, 0.6) is 0 Å². The molecule has 0 aliphatic rings. The van der Waals surface area contributed by atoms with E-state index in [0.717, 1.165) is 11.1 Å². The minimum Gasteiger partial charge on any atom is -0.325 e. The third-order valence-electron chi connectivity index (χ3n) is 3.90. The number of pyridine rings is 1. The van der Waals surface area contributed by atoms with Gasteiger partial charge in [-0.3, -0.25) is 14.3 Å². The van der Waals surface area contributed by atoms with Crippen LogP contribution >= 0.6 is 11.6 Å². The van der Waals surface area contributed by atoms with Crippen LogP contribution in [0.25, 0.3) is 0 Å². The molecule has 0 unspecified atom stereocenters. The molecule has 0 fully saturated rings. The predicted molar refractivity (Wildman–Crippen MR) is 101 cm³/mol. The van der Waals surface area contributed by atoms with Crippen LogP contribution in [0.1, 0.15) is 17.5 Å². The summed E-state index contributed by atoms with van der Waals surface area (Å²) < 4.78 is 3.25. The Hall–Kier alpha value is -2.86. The number of nitrogens with zero attached hydrogens (tertiary/aromatic N) is 3. The van der Waals surface area contributed by atoms with Crippen molar-refractivity contribution < 1.29 is 4.79 Å². The molecule has 134 valence electrons. The Morgan fingerprint density at radius 2 is 2.00 bits per heavy atom. The molecule has 1 N–H and O–H groups in total. The van der Waals surface area contributed by atoms with Crippen LogP contribution in [0.4, 0.5) is 5.69 Å². The SMILES string of the molecule is Cc1cnn(CCC(=O)Nc2ccc(=O)n(Cc3ccccc3Cl)c2)c1. The quantitative estimate of drug-likeness (QED) is 0.725. The first-order valence-corrected chi connectivity index (χ1v) is 8.62. The molecule has 0 aliphatic carbocycles. The lowest BCUT2D eigenvalue weighted by Gasteiger charge is -2.11. The Balaban J connectivity index is 1.66. The van der Waals surface area contributed by atoms with E-state index >= 15 is 0 Å². The molecule has 0 bridgehead atoms. The molecule has 0 saturated heterocycles. The van der Waals surface area contributed by atoms with Crippen molar-refractivity contribution in [1.29, 1.82) is 0 Å². The first kappa shape index (κ1) is 17.9. The lowest BCUT2D eigenvalue weighted by atomic mass is 10.2. The number of carbonyl (C=O) groups excluding carboxylic acids is 1. The van der Waals surface area contributed by atoms with E-state index in [1.165, 1.54) is 10.6 Å². The Labute approximate surface area is 156 Å². The average molecular weight is 371 g/mol. The van der Waals surface area contributed by atoms with Crippen molar-refractivity contribution in [2.45, 2.75) is 26.4 Å². The zero-order chi connectivity index (χ0) is 18.5. The summed E-state index contributed by atoms with van der Waals surface area (Å²) in [6, 6.07) is 10.4. The van der Waals surface area contributed by atoms with Gasteiger partial charge in [0.05, 0.1) is 18.4 Å². The molecule has 2 aromatic heterocycles. The van der Waals surface area contributed by atoms with E-state index in [-0.39, 0.29) is 11.5 Å². The molecular weight excluding hydrogens is 352 g/mol. The zero-order valence-electron chi connectivity index (χ0n) is 14.4. The summed E-state index contributed by atoms with van der Waals surface area (Å²) in [5, 5.41) is 7.57. The third kappa shape index (κ3) is 4.61. The van der Waals surface area contributed by atoms with Gasteiger partial charge in [0.1, 0.15) is 0 Å². The second kappa shape index (κ2) is 8.01. The number of nitrogens with one attached hydrogen (secondary N) is 1. The Kier molecular flexibility index (Phi) is 5.53. The lowest BCUT2D eigenvalue weighted by Crippen LogP contribution is -2.21. The fraction of sp³-hybridized carbons (Fsp3) is 0.211. The van der Waals surface area contributed by atoms with E-state index in [1.54, 1.807) is 29.2 Å². The first-order valence-electron chi connectivity index (χ1n) is 8.24. The molecular formula is C19H19ClN4O2. The number of aryl methyl sites for hydroxylation is 2. The molecule has 0 spiro atoms. The van der Waals surface area contributed by atoms with Crippen LogP contribution in [-0.4, -0.2) is 20.3 Å². The van der Waals surface area contributed by atoms with Gasteiger partial charge in [-0.15, -0.1) is 0 Å². The number of halogens is 1. The van der Waals surface area contributed by atoms with E-state index in [2.05, 4.69) is 10.4 Å². The van der Waals surface area contributed by atoms with Crippen molar-refractivity contribution in [3.63, 3.8) is 0 Å². The van der Waals surface area contributed by atoms with Gasteiger partial charge in [-0.25, -0.2) is 0 Å². The number of hydrogen-bond donors (Lipinski definition) is 1. The number of anilines is 1. The molecule has 2 heterocycles. The summed E-state index contributed by atoms with van der Waals surface area (Å²) >= 11 is 6.16. The topological polar surface area (TPSA) is 68.9 Å². The molecule has 3 rings (SSSR count). The van der Waals surface area contributed by atoms with Crippen molar-refractivity contribution >= 4 is 23.2 Å². The number of amides is 1. The molecule has 6 nitrogen and oxygen atoms in total. The van der Waals surface area contributed by atoms with Crippen LogP contribution in [0.15, 0.2) is 59.8 Å². The normalized spacial score (nSPS) is 10.7. The molecule has 0 saturated carbocycles. The van der Waals surface area contributed by atoms with Gasteiger partial charge in [0.25, 0.3) is 5.56 Å². The Bertz CT molecular complexity index is 977. The fourth-order valence-corrected chi connectivity index (χ4v) is 2.76. The number of carbonyl (C=O) groups is 1.